The van der Waals surface area contributed by atoms with Crippen LogP contribution in [0.15, 0.2) is 0 Å². The zero-order chi connectivity index (χ0) is 8.81. The largest absolute Gasteiger partial charge is 0.379 e. The molecule has 1 rings (SSSR count). The van der Waals surface area contributed by atoms with E-state index >= 15 is 0 Å². The zero-order valence-electron chi connectivity index (χ0n) is 7.79. The number of thioether (sulfide) groups is 1. The number of nitrogens with two attached hydrogens (primary N) is 1. The second-order valence-electron chi connectivity index (χ2n) is 3.12. The molecule has 1 heterocycles. The number of halogens is 1. The number of amidine groups is 1. The fraction of sp³-hybridized carbons (Fsp3) is 0.875. The summed E-state index contributed by atoms with van der Waals surface area (Å²) in [6.45, 7) is 3.56. The average Bonchev–Trinajstić information content (AvgIpc) is 2.05. The summed E-state index contributed by atoms with van der Waals surface area (Å²) in [4.78, 5) is 2.46. The molecule has 5 heteroatoms. The van der Waals surface area contributed by atoms with Crippen molar-refractivity contribution in [2.75, 3.05) is 25.4 Å². The van der Waals surface area contributed by atoms with Crippen LogP contribution in [0.2, 0.25) is 0 Å². The molecular formula is C8H18ClN3S. The van der Waals surface area contributed by atoms with E-state index in [9.17, 15) is 0 Å². The molecule has 3 nitrogen and oxygen atoms in total. The van der Waals surface area contributed by atoms with Crippen LogP contribution in [0.1, 0.15) is 19.3 Å². The van der Waals surface area contributed by atoms with Crippen LogP contribution in [-0.2, 0) is 0 Å². The standard InChI is InChI=1S/C8H17N3S.ClH/c9-8(10)12-7-6-11-4-2-1-3-5-11;/h1-7H2,(H3,9,10);1H. The third-order valence-corrected chi connectivity index (χ3v) is 2.81. The van der Waals surface area contributed by atoms with Crippen LogP contribution in [0.4, 0.5) is 0 Å². The first-order chi connectivity index (χ1) is 5.79. The van der Waals surface area contributed by atoms with Gasteiger partial charge in [0.2, 0.25) is 0 Å². The van der Waals surface area contributed by atoms with Gasteiger partial charge in [0.15, 0.2) is 5.17 Å². The lowest BCUT2D eigenvalue weighted by atomic mass is 10.1. The number of likely N-dealkylation sites (tertiary alicyclic amines) is 1. The molecule has 0 amide bonds. The maximum atomic E-state index is 7.03. The van der Waals surface area contributed by atoms with Gasteiger partial charge in [-0.2, -0.15) is 0 Å². The molecule has 1 aliphatic heterocycles. The Balaban J connectivity index is 0.00000144. The van der Waals surface area contributed by atoms with Gasteiger partial charge in [0, 0.05) is 12.3 Å². The monoisotopic (exact) mass is 223 g/mol. The second kappa shape index (κ2) is 7.47. The van der Waals surface area contributed by atoms with Crippen LogP contribution in [0.5, 0.6) is 0 Å². The first kappa shape index (κ1) is 13.1. The SMILES string of the molecule is Cl.N=C(N)SCCN1CCCCC1. The molecule has 1 aliphatic rings. The van der Waals surface area contributed by atoms with E-state index in [1.807, 2.05) is 0 Å². The van der Waals surface area contributed by atoms with Crippen molar-refractivity contribution in [3.05, 3.63) is 0 Å². The van der Waals surface area contributed by atoms with Crippen molar-refractivity contribution in [2.24, 2.45) is 5.73 Å². The third-order valence-electron chi connectivity index (χ3n) is 2.11. The summed E-state index contributed by atoms with van der Waals surface area (Å²) in [5, 5.41) is 7.28. The highest BCUT2D eigenvalue weighted by atomic mass is 35.5. The molecule has 0 spiro atoms. The molecule has 3 N–H and O–H groups in total. The Hall–Kier alpha value is 0.0700. The highest BCUT2D eigenvalue weighted by Crippen LogP contribution is 2.09. The number of hydrogen-bond acceptors (Lipinski definition) is 3. The Morgan fingerprint density at radius 2 is 1.92 bits per heavy atom. The van der Waals surface area contributed by atoms with Gasteiger partial charge in [0.1, 0.15) is 0 Å². The third kappa shape index (κ3) is 6.18. The molecule has 0 aromatic heterocycles. The molecule has 0 aromatic rings. The van der Waals surface area contributed by atoms with Gasteiger partial charge in [-0.1, -0.05) is 18.2 Å². The van der Waals surface area contributed by atoms with Crippen LogP contribution in [0, 0.1) is 5.41 Å². The van der Waals surface area contributed by atoms with Gasteiger partial charge in [-0.3, -0.25) is 5.41 Å². The van der Waals surface area contributed by atoms with Crippen LogP contribution in [0.3, 0.4) is 0 Å². The van der Waals surface area contributed by atoms with Crippen molar-refractivity contribution in [2.45, 2.75) is 19.3 Å². The van der Waals surface area contributed by atoms with Crippen molar-refractivity contribution in [1.82, 2.24) is 4.90 Å². The molecule has 0 atom stereocenters. The van der Waals surface area contributed by atoms with E-state index in [-0.39, 0.29) is 17.6 Å². The predicted molar refractivity (Wildman–Crippen MR) is 61.9 cm³/mol. The minimum absolute atomic E-state index is 0. The Bertz CT molecular complexity index is 148. The predicted octanol–water partition coefficient (Wildman–Crippen LogP) is 1.52. The molecule has 0 radical (unpaired) electrons. The minimum Gasteiger partial charge on any atom is -0.379 e. The summed E-state index contributed by atoms with van der Waals surface area (Å²) in [7, 11) is 0. The lowest BCUT2D eigenvalue weighted by molar-refractivity contribution is 0.242. The van der Waals surface area contributed by atoms with Crippen molar-refractivity contribution in [3.8, 4) is 0 Å². The summed E-state index contributed by atoms with van der Waals surface area (Å²) >= 11 is 1.44. The van der Waals surface area contributed by atoms with E-state index in [1.165, 1.54) is 44.1 Å². The van der Waals surface area contributed by atoms with E-state index < -0.39 is 0 Å². The first-order valence-electron chi connectivity index (χ1n) is 4.48. The van der Waals surface area contributed by atoms with Gasteiger partial charge in [0.25, 0.3) is 0 Å². The Kier molecular flexibility index (Phi) is 7.51. The van der Waals surface area contributed by atoms with Crippen LogP contribution in [0.25, 0.3) is 0 Å². The Morgan fingerprint density at radius 1 is 1.31 bits per heavy atom. The smallest absolute Gasteiger partial charge is 0.151 e. The van der Waals surface area contributed by atoms with Crippen molar-refractivity contribution in [1.29, 1.82) is 5.41 Å². The Labute approximate surface area is 90.3 Å². The maximum absolute atomic E-state index is 7.03. The molecular weight excluding hydrogens is 206 g/mol. The summed E-state index contributed by atoms with van der Waals surface area (Å²) in [6, 6.07) is 0. The number of rotatable bonds is 3. The lowest BCUT2D eigenvalue weighted by Gasteiger charge is -2.25. The van der Waals surface area contributed by atoms with Gasteiger partial charge in [0.05, 0.1) is 0 Å². The van der Waals surface area contributed by atoms with E-state index in [4.69, 9.17) is 11.1 Å². The number of nitrogens with zero attached hydrogens (tertiary/aromatic N) is 1. The van der Waals surface area contributed by atoms with Gasteiger partial charge in [-0.15, -0.1) is 12.4 Å². The zero-order valence-corrected chi connectivity index (χ0v) is 9.42. The highest BCUT2D eigenvalue weighted by Gasteiger charge is 2.08. The van der Waals surface area contributed by atoms with Gasteiger partial charge in [-0.25, -0.2) is 0 Å². The summed E-state index contributed by atoms with van der Waals surface area (Å²) in [6.07, 6.45) is 4.06. The average molecular weight is 224 g/mol. The summed E-state index contributed by atoms with van der Waals surface area (Å²) in [5.41, 5.74) is 5.24. The fourth-order valence-corrected chi connectivity index (χ4v) is 2.04. The first-order valence-corrected chi connectivity index (χ1v) is 5.47. The topological polar surface area (TPSA) is 53.1 Å². The van der Waals surface area contributed by atoms with Crippen LogP contribution in [-0.4, -0.2) is 35.5 Å². The van der Waals surface area contributed by atoms with E-state index in [0.29, 0.717) is 0 Å². The van der Waals surface area contributed by atoms with Crippen LogP contribution >= 0.6 is 24.2 Å². The van der Waals surface area contributed by atoms with Gasteiger partial charge >= 0.3 is 0 Å². The van der Waals surface area contributed by atoms with Crippen LogP contribution < -0.4 is 5.73 Å². The second-order valence-corrected chi connectivity index (χ2v) is 4.25. The number of hydrogen-bond donors (Lipinski definition) is 2. The number of nitrogens with one attached hydrogen (secondary N) is 1. The molecule has 1 fully saturated rings. The molecule has 1 saturated heterocycles. The van der Waals surface area contributed by atoms with Gasteiger partial charge in [-0.05, 0) is 25.9 Å². The van der Waals surface area contributed by atoms with E-state index in [1.54, 1.807) is 0 Å². The molecule has 0 aromatic carbocycles. The molecule has 78 valence electrons. The number of piperidine rings is 1. The van der Waals surface area contributed by atoms with Crippen molar-refractivity contribution in [3.63, 3.8) is 0 Å². The minimum atomic E-state index is 0. The fourth-order valence-electron chi connectivity index (χ4n) is 1.47. The van der Waals surface area contributed by atoms with Gasteiger partial charge < -0.3 is 10.6 Å². The maximum Gasteiger partial charge on any atom is 0.151 e. The molecule has 13 heavy (non-hydrogen) atoms. The molecule has 0 unspecified atom stereocenters. The highest BCUT2D eigenvalue weighted by molar-refractivity contribution is 8.13. The quantitative estimate of drug-likeness (QED) is 0.564. The normalized spacial score (nSPS) is 17.8. The Morgan fingerprint density at radius 3 is 2.46 bits per heavy atom. The lowest BCUT2D eigenvalue weighted by Crippen LogP contribution is -2.32. The summed E-state index contributed by atoms with van der Waals surface area (Å²) in [5.74, 6) is 0.968. The van der Waals surface area contributed by atoms with Crippen molar-refractivity contribution < 1.29 is 0 Å². The molecule has 0 aliphatic carbocycles. The molecule has 0 bridgehead atoms. The van der Waals surface area contributed by atoms with Crippen molar-refractivity contribution >= 4 is 29.3 Å². The summed E-state index contributed by atoms with van der Waals surface area (Å²) < 4.78 is 0. The van der Waals surface area contributed by atoms with E-state index in [2.05, 4.69) is 4.90 Å². The van der Waals surface area contributed by atoms with E-state index in [0.717, 1.165) is 12.3 Å². The molecule has 0 saturated carbocycles.